The van der Waals surface area contributed by atoms with Crippen molar-refractivity contribution in [3.05, 3.63) is 33.3 Å². The molecule has 1 aromatic carbocycles. The fourth-order valence-corrected chi connectivity index (χ4v) is 2.51. The van der Waals surface area contributed by atoms with Crippen molar-refractivity contribution < 1.29 is 17.9 Å². The molecule has 1 aliphatic rings. The van der Waals surface area contributed by atoms with Crippen LogP contribution in [0.4, 0.5) is 13.2 Å². The predicted molar refractivity (Wildman–Crippen MR) is 69.9 cm³/mol. The average Bonchev–Trinajstić information content (AvgIpc) is 2.34. The van der Waals surface area contributed by atoms with Crippen LogP contribution in [0.2, 0.25) is 10.0 Å². The van der Waals surface area contributed by atoms with Gasteiger partial charge in [0.1, 0.15) is 5.75 Å². The molecule has 0 amide bonds. The van der Waals surface area contributed by atoms with E-state index in [9.17, 15) is 13.2 Å². The van der Waals surface area contributed by atoms with E-state index in [1.807, 2.05) is 0 Å². The maximum absolute atomic E-state index is 13.2. The van der Waals surface area contributed by atoms with Crippen LogP contribution in [0.15, 0.2) is 12.1 Å². The lowest BCUT2D eigenvalue weighted by atomic mass is 9.93. The van der Waals surface area contributed by atoms with Crippen molar-refractivity contribution in [2.24, 2.45) is 0 Å². The first-order chi connectivity index (χ1) is 8.72. The van der Waals surface area contributed by atoms with Crippen LogP contribution in [0.5, 0.6) is 5.75 Å². The molecular formula is C13H11Cl2F3O. The van der Waals surface area contributed by atoms with Gasteiger partial charge >= 0.3 is 6.18 Å². The predicted octanol–water partition coefficient (Wildman–Crippen LogP) is 5.42. The van der Waals surface area contributed by atoms with Gasteiger partial charge in [-0.1, -0.05) is 36.2 Å². The Morgan fingerprint density at radius 1 is 1.26 bits per heavy atom. The largest absolute Gasteiger partial charge is 0.471 e. The van der Waals surface area contributed by atoms with Gasteiger partial charge in [-0.3, -0.25) is 0 Å². The van der Waals surface area contributed by atoms with E-state index in [0.717, 1.165) is 6.08 Å². The second-order valence-electron chi connectivity index (χ2n) is 4.38. The summed E-state index contributed by atoms with van der Waals surface area (Å²) in [4.78, 5) is 0. The van der Waals surface area contributed by atoms with Crippen molar-refractivity contribution in [2.75, 3.05) is 0 Å². The Bertz CT molecular complexity index is 552. The Labute approximate surface area is 119 Å². The van der Waals surface area contributed by atoms with E-state index in [-0.39, 0.29) is 17.2 Å². The van der Waals surface area contributed by atoms with E-state index < -0.39 is 11.8 Å². The summed E-state index contributed by atoms with van der Waals surface area (Å²) in [6.07, 6.45) is -2.34. The summed E-state index contributed by atoms with van der Waals surface area (Å²) in [6.45, 7) is 3.12. The van der Waals surface area contributed by atoms with E-state index >= 15 is 0 Å². The van der Waals surface area contributed by atoms with E-state index in [0.29, 0.717) is 16.1 Å². The van der Waals surface area contributed by atoms with Gasteiger partial charge in [-0.15, -0.1) is 0 Å². The molecule has 0 N–H and O–H groups in total. The highest BCUT2D eigenvalue weighted by molar-refractivity contribution is 6.36. The first-order valence-corrected chi connectivity index (χ1v) is 6.41. The molecule has 1 heterocycles. The summed E-state index contributed by atoms with van der Waals surface area (Å²) >= 11 is 11.9. The second-order valence-corrected chi connectivity index (χ2v) is 5.20. The highest BCUT2D eigenvalue weighted by atomic mass is 35.5. The zero-order valence-electron chi connectivity index (χ0n) is 10.2. The molecule has 2 rings (SSSR count). The molecule has 0 fully saturated rings. The number of benzene rings is 1. The van der Waals surface area contributed by atoms with E-state index in [4.69, 9.17) is 27.9 Å². The Kier molecular flexibility index (Phi) is 3.52. The van der Waals surface area contributed by atoms with Gasteiger partial charge in [-0.25, -0.2) is 0 Å². The quantitative estimate of drug-likeness (QED) is 0.673. The molecule has 19 heavy (non-hydrogen) atoms. The zero-order valence-corrected chi connectivity index (χ0v) is 11.7. The van der Waals surface area contributed by atoms with Crippen molar-refractivity contribution in [3.8, 4) is 5.75 Å². The molecule has 0 radical (unpaired) electrons. The highest BCUT2D eigenvalue weighted by Crippen LogP contribution is 2.47. The normalized spacial score (nSPS) is 22.1. The Balaban J connectivity index is 2.61. The number of hydrogen-bond acceptors (Lipinski definition) is 1. The summed E-state index contributed by atoms with van der Waals surface area (Å²) in [5, 5.41) is 0.477. The third kappa shape index (κ3) is 2.21. The van der Waals surface area contributed by atoms with Crippen molar-refractivity contribution >= 4 is 29.3 Å². The van der Waals surface area contributed by atoms with Crippen LogP contribution in [0.3, 0.4) is 0 Å². The maximum atomic E-state index is 13.2. The van der Waals surface area contributed by atoms with E-state index in [2.05, 4.69) is 0 Å². The molecule has 1 unspecified atom stereocenters. The summed E-state index contributed by atoms with van der Waals surface area (Å²) < 4.78 is 44.7. The third-order valence-electron chi connectivity index (χ3n) is 3.29. The Hall–Kier alpha value is -0.870. The number of hydrogen-bond donors (Lipinski definition) is 0. The van der Waals surface area contributed by atoms with Crippen LogP contribution in [-0.2, 0) is 0 Å². The van der Waals surface area contributed by atoms with Crippen LogP contribution in [-0.4, -0.2) is 11.8 Å². The molecule has 0 saturated carbocycles. The molecule has 1 aromatic rings. The van der Waals surface area contributed by atoms with Crippen molar-refractivity contribution in [1.29, 1.82) is 0 Å². The smallest absolute Gasteiger partial charge is 0.432 e. The van der Waals surface area contributed by atoms with Crippen LogP contribution >= 0.6 is 23.2 Å². The second kappa shape index (κ2) is 4.60. The summed E-state index contributed by atoms with van der Waals surface area (Å²) in [5.41, 5.74) is -1.20. The van der Waals surface area contributed by atoms with Gasteiger partial charge in [0, 0.05) is 10.6 Å². The lowest BCUT2D eigenvalue weighted by molar-refractivity contribution is -0.230. The highest BCUT2D eigenvalue weighted by Gasteiger charge is 2.55. The molecule has 104 valence electrons. The molecule has 0 aliphatic carbocycles. The van der Waals surface area contributed by atoms with Crippen molar-refractivity contribution in [2.45, 2.75) is 32.0 Å². The van der Waals surface area contributed by atoms with Crippen LogP contribution in [0.25, 0.3) is 6.08 Å². The average molecular weight is 311 g/mol. The molecule has 0 bridgehead atoms. The van der Waals surface area contributed by atoms with Crippen LogP contribution in [0.1, 0.15) is 24.5 Å². The maximum Gasteiger partial charge on any atom is 0.432 e. The van der Waals surface area contributed by atoms with Crippen LogP contribution in [0, 0.1) is 6.92 Å². The minimum absolute atomic E-state index is 0.0326. The topological polar surface area (TPSA) is 9.23 Å². The first kappa shape index (κ1) is 14.5. The number of halogens is 5. The minimum Gasteiger partial charge on any atom is -0.471 e. The Morgan fingerprint density at radius 2 is 1.89 bits per heavy atom. The fraction of sp³-hybridized carbons (Fsp3) is 0.385. The van der Waals surface area contributed by atoms with Crippen molar-refractivity contribution in [1.82, 2.24) is 0 Å². The molecule has 0 aromatic heterocycles. The van der Waals surface area contributed by atoms with E-state index in [1.54, 1.807) is 6.92 Å². The van der Waals surface area contributed by atoms with Gasteiger partial charge in [-0.2, -0.15) is 13.2 Å². The molecule has 0 saturated heterocycles. The molecule has 1 atom stereocenters. The van der Waals surface area contributed by atoms with Gasteiger partial charge in [0.25, 0.3) is 0 Å². The van der Waals surface area contributed by atoms with Gasteiger partial charge in [0.15, 0.2) is 0 Å². The lowest BCUT2D eigenvalue weighted by Gasteiger charge is -2.36. The number of alkyl halides is 3. The summed E-state index contributed by atoms with van der Waals surface area (Å²) in [7, 11) is 0. The van der Waals surface area contributed by atoms with Crippen LogP contribution < -0.4 is 4.74 Å². The molecule has 1 aliphatic heterocycles. The van der Waals surface area contributed by atoms with Gasteiger partial charge in [0.05, 0.1) is 5.02 Å². The standard InChI is InChI=1S/C13H11Cl2F3O/c1-3-12(13(16,17)18)5-4-8-7(2)9(14)6-10(15)11(8)19-12/h4-6H,3H2,1-2H3. The monoisotopic (exact) mass is 310 g/mol. The summed E-state index contributed by atoms with van der Waals surface area (Å²) in [5.74, 6) is 0.0326. The SMILES string of the molecule is CCC1(C(F)(F)F)C=Cc2c(C)c(Cl)cc(Cl)c2O1. The fourth-order valence-electron chi connectivity index (χ4n) is 1.99. The Morgan fingerprint density at radius 3 is 2.42 bits per heavy atom. The number of rotatable bonds is 1. The van der Waals surface area contributed by atoms with E-state index in [1.165, 1.54) is 19.1 Å². The molecule has 0 spiro atoms. The lowest BCUT2D eigenvalue weighted by Crippen LogP contribution is -2.49. The number of ether oxygens (including phenoxy) is 1. The van der Waals surface area contributed by atoms with Gasteiger partial charge in [-0.05, 0) is 31.1 Å². The van der Waals surface area contributed by atoms with Gasteiger partial charge < -0.3 is 4.74 Å². The van der Waals surface area contributed by atoms with Crippen molar-refractivity contribution in [3.63, 3.8) is 0 Å². The molecule has 1 nitrogen and oxygen atoms in total. The number of fused-ring (bicyclic) bond motifs is 1. The third-order valence-corrected chi connectivity index (χ3v) is 3.96. The first-order valence-electron chi connectivity index (χ1n) is 5.65. The summed E-state index contributed by atoms with van der Waals surface area (Å²) in [6, 6.07) is 1.40. The zero-order chi connectivity index (χ0) is 14.4. The molecule has 6 heteroatoms. The minimum atomic E-state index is -4.51. The molecular weight excluding hydrogens is 300 g/mol. The van der Waals surface area contributed by atoms with Gasteiger partial charge in [0.2, 0.25) is 5.60 Å².